The van der Waals surface area contributed by atoms with Gasteiger partial charge in [-0.15, -0.1) is 0 Å². The molecule has 0 amide bonds. The van der Waals surface area contributed by atoms with E-state index >= 15 is 0 Å². The van der Waals surface area contributed by atoms with Crippen molar-refractivity contribution in [2.75, 3.05) is 0 Å². The van der Waals surface area contributed by atoms with E-state index in [4.69, 9.17) is 10.2 Å². The third-order valence-corrected chi connectivity index (χ3v) is 4.25. The van der Waals surface area contributed by atoms with Crippen molar-refractivity contribution in [3.05, 3.63) is 60.5 Å². The van der Waals surface area contributed by atoms with Crippen LogP contribution in [0.2, 0.25) is 0 Å². The predicted octanol–water partition coefficient (Wildman–Crippen LogP) is 4.04. The van der Waals surface area contributed by atoms with Crippen molar-refractivity contribution < 1.29 is 13.6 Å². The first-order chi connectivity index (χ1) is 12.6. The Morgan fingerprint density at radius 1 is 1.23 bits per heavy atom. The van der Waals surface area contributed by atoms with Gasteiger partial charge in [-0.1, -0.05) is 25.0 Å². The quantitative estimate of drug-likeness (QED) is 0.445. The number of hydrogen-bond donors (Lipinski definition) is 2. The van der Waals surface area contributed by atoms with Gasteiger partial charge in [0.1, 0.15) is 23.6 Å². The lowest BCUT2D eigenvalue weighted by Crippen LogP contribution is -2.12. The number of oxazole rings is 1. The number of halogens is 1. The first-order valence-corrected chi connectivity index (χ1v) is 8.62. The highest BCUT2D eigenvalue weighted by Crippen LogP contribution is 2.23. The molecule has 1 aromatic carbocycles. The third kappa shape index (κ3) is 4.43. The minimum absolute atomic E-state index is 0.0105. The van der Waals surface area contributed by atoms with Gasteiger partial charge in [0.25, 0.3) is 0 Å². The molecule has 3 N–H and O–H groups in total. The number of imidazole rings is 1. The second-order valence-electron chi connectivity index (χ2n) is 6.16. The zero-order valence-corrected chi connectivity index (χ0v) is 14.3. The SMILES string of the molecule is N[C@@H](CCCCCC(=O)c1cocn1)c1ncc(-c2ccccc2F)[nH]1. The van der Waals surface area contributed by atoms with E-state index in [-0.39, 0.29) is 17.6 Å². The maximum absolute atomic E-state index is 13.8. The van der Waals surface area contributed by atoms with Crippen LogP contribution < -0.4 is 5.73 Å². The van der Waals surface area contributed by atoms with Crippen molar-refractivity contribution in [2.45, 2.75) is 38.1 Å². The number of aromatic amines is 1. The minimum atomic E-state index is -0.298. The van der Waals surface area contributed by atoms with Gasteiger partial charge in [-0.05, 0) is 25.0 Å². The van der Waals surface area contributed by atoms with Gasteiger partial charge in [-0.25, -0.2) is 14.4 Å². The van der Waals surface area contributed by atoms with Crippen molar-refractivity contribution in [1.82, 2.24) is 15.0 Å². The average molecular weight is 356 g/mol. The van der Waals surface area contributed by atoms with Gasteiger partial charge in [0.05, 0.1) is 17.9 Å². The van der Waals surface area contributed by atoms with Crippen molar-refractivity contribution in [3.8, 4) is 11.3 Å². The van der Waals surface area contributed by atoms with E-state index in [0.717, 1.165) is 25.7 Å². The van der Waals surface area contributed by atoms with Crippen molar-refractivity contribution in [3.63, 3.8) is 0 Å². The van der Waals surface area contributed by atoms with Crippen LogP contribution in [-0.4, -0.2) is 20.7 Å². The Bertz CT molecular complexity index is 845. The fraction of sp³-hybridized carbons (Fsp3) is 0.316. The first-order valence-electron chi connectivity index (χ1n) is 8.62. The number of hydrogen-bond acceptors (Lipinski definition) is 5. The van der Waals surface area contributed by atoms with Crippen LogP contribution in [0.3, 0.4) is 0 Å². The molecule has 0 bridgehead atoms. The number of aromatic nitrogens is 3. The van der Waals surface area contributed by atoms with Crippen LogP contribution in [-0.2, 0) is 0 Å². The summed E-state index contributed by atoms with van der Waals surface area (Å²) in [6.07, 6.45) is 7.94. The van der Waals surface area contributed by atoms with Gasteiger partial charge in [-0.3, -0.25) is 4.79 Å². The number of nitrogens with one attached hydrogen (secondary N) is 1. The zero-order valence-electron chi connectivity index (χ0n) is 14.3. The van der Waals surface area contributed by atoms with Gasteiger partial charge in [0.2, 0.25) is 0 Å². The number of H-pyrrole nitrogens is 1. The molecule has 0 fully saturated rings. The Morgan fingerprint density at radius 3 is 2.85 bits per heavy atom. The number of benzene rings is 1. The van der Waals surface area contributed by atoms with E-state index in [0.29, 0.717) is 29.2 Å². The van der Waals surface area contributed by atoms with Crippen LogP contribution in [0.15, 0.2) is 47.5 Å². The molecular formula is C19H21FN4O2. The summed E-state index contributed by atoms with van der Waals surface area (Å²) in [5.41, 5.74) is 7.63. The highest BCUT2D eigenvalue weighted by atomic mass is 19.1. The lowest BCUT2D eigenvalue weighted by atomic mass is 10.1. The topological polar surface area (TPSA) is 97.8 Å². The molecule has 0 saturated carbocycles. The Balaban J connectivity index is 1.43. The molecule has 26 heavy (non-hydrogen) atoms. The lowest BCUT2D eigenvalue weighted by molar-refractivity contribution is 0.0974. The summed E-state index contributed by atoms with van der Waals surface area (Å²) in [6, 6.07) is 6.29. The number of ketones is 1. The second kappa shape index (κ2) is 8.53. The Labute approximate surface area is 150 Å². The highest BCUT2D eigenvalue weighted by Gasteiger charge is 2.13. The normalized spacial score (nSPS) is 12.2. The summed E-state index contributed by atoms with van der Waals surface area (Å²) in [7, 11) is 0. The molecule has 0 aliphatic rings. The summed E-state index contributed by atoms with van der Waals surface area (Å²) in [4.78, 5) is 23.0. The van der Waals surface area contributed by atoms with Crippen LogP contribution in [0.5, 0.6) is 0 Å². The molecule has 0 unspecified atom stereocenters. The molecule has 2 aromatic heterocycles. The van der Waals surface area contributed by atoms with Crippen molar-refractivity contribution in [2.24, 2.45) is 5.73 Å². The fourth-order valence-corrected chi connectivity index (χ4v) is 2.78. The molecule has 0 radical (unpaired) electrons. The number of rotatable bonds is 9. The molecular weight excluding hydrogens is 335 g/mol. The van der Waals surface area contributed by atoms with E-state index in [1.54, 1.807) is 24.4 Å². The number of nitrogens with zero attached hydrogens (tertiary/aromatic N) is 2. The van der Waals surface area contributed by atoms with Gasteiger partial charge >= 0.3 is 0 Å². The predicted molar refractivity (Wildman–Crippen MR) is 94.8 cm³/mol. The Morgan fingerprint density at radius 2 is 2.08 bits per heavy atom. The number of nitrogens with two attached hydrogens (primary N) is 1. The summed E-state index contributed by atoms with van der Waals surface area (Å²) in [6.45, 7) is 0. The van der Waals surface area contributed by atoms with Crippen molar-refractivity contribution >= 4 is 5.78 Å². The average Bonchev–Trinajstić information content (AvgIpc) is 3.33. The summed E-state index contributed by atoms with van der Waals surface area (Å²) >= 11 is 0. The molecule has 6 nitrogen and oxygen atoms in total. The van der Waals surface area contributed by atoms with E-state index in [2.05, 4.69) is 15.0 Å². The standard InChI is InChI=1S/C19H21FN4O2/c20-14-7-5-4-6-13(14)16-10-22-19(24-16)15(21)8-2-1-3-9-18(25)17-11-26-12-23-17/h4-7,10-12,15H,1-3,8-9,21H2,(H,22,24)/t15-/m0/s1. The molecule has 0 spiro atoms. The number of unbranched alkanes of at least 4 members (excludes halogenated alkanes) is 2. The Hall–Kier alpha value is -2.80. The molecule has 3 aromatic rings. The number of carbonyl (C=O) groups is 1. The molecule has 3 rings (SSSR count). The number of Topliss-reactive ketones (excluding diaryl/α,β-unsaturated/α-hetero) is 1. The van der Waals surface area contributed by atoms with Crippen LogP contribution in [0.25, 0.3) is 11.3 Å². The van der Waals surface area contributed by atoms with E-state index < -0.39 is 0 Å². The van der Waals surface area contributed by atoms with E-state index in [9.17, 15) is 9.18 Å². The fourth-order valence-electron chi connectivity index (χ4n) is 2.78. The van der Waals surface area contributed by atoms with Gasteiger partial charge in [-0.2, -0.15) is 0 Å². The van der Waals surface area contributed by atoms with E-state index in [1.165, 1.54) is 18.7 Å². The Kier molecular flexibility index (Phi) is 5.91. The maximum Gasteiger partial charge on any atom is 0.184 e. The van der Waals surface area contributed by atoms with Crippen LogP contribution in [0.4, 0.5) is 4.39 Å². The number of carbonyl (C=O) groups excluding carboxylic acids is 1. The highest BCUT2D eigenvalue weighted by molar-refractivity contribution is 5.93. The molecule has 0 aliphatic carbocycles. The van der Waals surface area contributed by atoms with Crippen LogP contribution >= 0.6 is 0 Å². The summed E-state index contributed by atoms with van der Waals surface area (Å²) in [5.74, 6) is 0.332. The van der Waals surface area contributed by atoms with Gasteiger partial charge in [0.15, 0.2) is 12.2 Å². The maximum atomic E-state index is 13.8. The van der Waals surface area contributed by atoms with Crippen LogP contribution in [0, 0.1) is 5.82 Å². The van der Waals surface area contributed by atoms with Crippen molar-refractivity contribution in [1.29, 1.82) is 0 Å². The summed E-state index contributed by atoms with van der Waals surface area (Å²) < 4.78 is 18.6. The van der Waals surface area contributed by atoms with Gasteiger partial charge < -0.3 is 15.1 Å². The minimum Gasteiger partial charge on any atom is -0.451 e. The van der Waals surface area contributed by atoms with Crippen LogP contribution in [0.1, 0.15) is 54.5 Å². The largest absolute Gasteiger partial charge is 0.451 e. The third-order valence-electron chi connectivity index (χ3n) is 4.25. The van der Waals surface area contributed by atoms with Gasteiger partial charge in [0, 0.05) is 12.0 Å². The molecule has 0 saturated heterocycles. The zero-order chi connectivity index (χ0) is 18.4. The molecule has 7 heteroatoms. The summed E-state index contributed by atoms with van der Waals surface area (Å²) in [5, 5.41) is 0. The lowest BCUT2D eigenvalue weighted by Gasteiger charge is -2.08. The van der Waals surface area contributed by atoms with E-state index in [1.807, 2.05) is 0 Å². The molecule has 2 heterocycles. The first kappa shape index (κ1) is 18.0. The second-order valence-corrected chi connectivity index (χ2v) is 6.16. The smallest absolute Gasteiger partial charge is 0.184 e. The molecule has 136 valence electrons. The molecule has 0 aliphatic heterocycles. The molecule has 1 atom stereocenters. The monoisotopic (exact) mass is 356 g/mol.